The summed E-state index contributed by atoms with van der Waals surface area (Å²) in [5.74, 6) is -1.81. The fourth-order valence-corrected chi connectivity index (χ4v) is 2.65. The van der Waals surface area contributed by atoms with Crippen LogP contribution in [0.15, 0.2) is 72.3 Å². The molecule has 0 aliphatic heterocycles. The monoisotopic (exact) mass is 342 g/mol. The second-order valence-corrected chi connectivity index (χ2v) is 5.54. The van der Waals surface area contributed by atoms with Gasteiger partial charge in [-0.25, -0.2) is 4.79 Å². The Hall–Kier alpha value is -3.91. The molecule has 5 heteroatoms. The number of fused-ring (bicyclic) bond motifs is 1. The van der Waals surface area contributed by atoms with Gasteiger partial charge in [0.1, 0.15) is 11.6 Å². The molecule has 0 radical (unpaired) electrons. The van der Waals surface area contributed by atoms with Gasteiger partial charge < -0.3 is 10.4 Å². The van der Waals surface area contributed by atoms with Gasteiger partial charge in [-0.3, -0.25) is 4.79 Å². The number of carboxylic acids is 1. The van der Waals surface area contributed by atoms with E-state index in [9.17, 15) is 20.0 Å². The lowest BCUT2D eigenvalue weighted by Gasteiger charge is -2.08. The number of nitriles is 1. The van der Waals surface area contributed by atoms with Gasteiger partial charge in [-0.1, -0.05) is 54.6 Å². The number of hydrogen-bond acceptors (Lipinski definition) is 3. The van der Waals surface area contributed by atoms with E-state index in [1.165, 1.54) is 18.2 Å². The molecule has 3 aromatic rings. The highest BCUT2D eigenvalue weighted by Crippen LogP contribution is 2.22. The van der Waals surface area contributed by atoms with Crippen LogP contribution in [0.25, 0.3) is 16.8 Å². The highest BCUT2D eigenvalue weighted by molar-refractivity contribution is 6.12. The highest BCUT2D eigenvalue weighted by atomic mass is 16.4. The number of hydrogen-bond donors (Lipinski definition) is 2. The van der Waals surface area contributed by atoms with E-state index < -0.39 is 11.9 Å². The minimum atomic E-state index is -1.16. The van der Waals surface area contributed by atoms with Crippen LogP contribution >= 0.6 is 0 Å². The van der Waals surface area contributed by atoms with Gasteiger partial charge in [0.05, 0.1) is 11.3 Å². The van der Waals surface area contributed by atoms with Gasteiger partial charge in [0.25, 0.3) is 5.91 Å². The lowest BCUT2D eigenvalue weighted by atomic mass is 10.0. The van der Waals surface area contributed by atoms with Crippen LogP contribution in [-0.2, 0) is 4.79 Å². The maximum atomic E-state index is 12.5. The van der Waals surface area contributed by atoms with Crippen LogP contribution in [-0.4, -0.2) is 17.0 Å². The largest absolute Gasteiger partial charge is 0.478 e. The van der Waals surface area contributed by atoms with E-state index in [2.05, 4.69) is 5.32 Å². The summed E-state index contributed by atoms with van der Waals surface area (Å²) in [6.45, 7) is 0. The van der Waals surface area contributed by atoms with Crippen LogP contribution in [0.1, 0.15) is 15.9 Å². The molecule has 3 rings (SSSR count). The summed E-state index contributed by atoms with van der Waals surface area (Å²) in [5.41, 5.74) is 0.732. The molecule has 0 fully saturated rings. The van der Waals surface area contributed by atoms with Gasteiger partial charge >= 0.3 is 5.97 Å². The third-order valence-electron chi connectivity index (χ3n) is 3.89. The number of carbonyl (C=O) groups excluding carboxylic acids is 1. The molecular weight excluding hydrogens is 328 g/mol. The Kier molecular flexibility index (Phi) is 4.77. The fourth-order valence-electron chi connectivity index (χ4n) is 2.65. The summed E-state index contributed by atoms with van der Waals surface area (Å²) in [4.78, 5) is 23.7. The molecule has 0 atom stereocenters. The van der Waals surface area contributed by atoms with Crippen molar-refractivity contribution in [1.82, 2.24) is 0 Å². The zero-order chi connectivity index (χ0) is 18.5. The number of nitrogens with zero attached hydrogens (tertiary/aromatic N) is 1. The standard InChI is InChI=1S/C21H14N2O3/c22-13-16(12-15-8-5-7-14-6-1-2-9-17(14)15)20(24)23-19-11-4-3-10-18(19)21(25)26/h1-12H,(H,23,24)(H,25,26)/b16-12+. The summed E-state index contributed by atoms with van der Waals surface area (Å²) < 4.78 is 0. The molecular formula is C21H14N2O3. The van der Waals surface area contributed by atoms with Crippen molar-refractivity contribution in [2.45, 2.75) is 0 Å². The first-order valence-corrected chi connectivity index (χ1v) is 7.83. The number of anilines is 1. The lowest BCUT2D eigenvalue weighted by molar-refractivity contribution is -0.112. The molecule has 0 saturated heterocycles. The van der Waals surface area contributed by atoms with Crippen molar-refractivity contribution < 1.29 is 14.7 Å². The second kappa shape index (κ2) is 7.32. The van der Waals surface area contributed by atoms with E-state index in [0.29, 0.717) is 0 Å². The maximum Gasteiger partial charge on any atom is 0.337 e. The number of aromatic carboxylic acids is 1. The molecule has 0 spiro atoms. The van der Waals surface area contributed by atoms with E-state index in [1.807, 2.05) is 48.5 Å². The van der Waals surface area contributed by atoms with Crippen LogP contribution in [0.4, 0.5) is 5.69 Å². The molecule has 0 aliphatic rings. The molecule has 126 valence electrons. The highest BCUT2D eigenvalue weighted by Gasteiger charge is 2.15. The predicted octanol–water partition coefficient (Wildman–Crippen LogP) is 4.08. The number of carboxylic acid groups (broad SMARTS) is 1. The zero-order valence-electron chi connectivity index (χ0n) is 13.6. The summed E-state index contributed by atoms with van der Waals surface area (Å²) in [6, 6.07) is 21.2. The van der Waals surface area contributed by atoms with Crippen molar-refractivity contribution in [1.29, 1.82) is 5.26 Å². The van der Waals surface area contributed by atoms with Crippen molar-refractivity contribution in [2.75, 3.05) is 5.32 Å². The van der Waals surface area contributed by atoms with Crippen molar-refractivity contribution in [2.24, 2.45) is 0 Å². The quantitative estimate of drug-likeness (QED) is 0.552. The minimum Gasteiger partial charge on any atom is -0.478 e. The first kappa shape index (κ1) is 16.9. The van der Waals surface area contributed by atoms with E-state index in [1.54, 1.807) is 12.1 Å². The molecule has 0 aromatic heterocycles. The molecule has 0 aliphatic carbocycles. The maximum absolute atomic E-state index is 12.5. The number of carbonyl (C=O) groups is 2. The summed E-state index contributed by atoms with van der Waals surface area (Å²) in [7, 11) is 0. The Labute approximate surface area is 149 Å². The molecule has 0 unspecified atom stereocenters. The number of benzene rings is 3. The molecule has 0 saturated carbocycles. The van der Waals surface area contributed by atoms with Crippen LogP contribution in [0.5, 0.6) is 0 Å². The van der Waals surface area contributed by atoms with Crippen molar-refractivity contribution in [3.05, 3.63) is 83.4 Å². The Balaban J connectivity index is 1.96. The van der Waals surface area contributed by atoms with Crippen molar-refractivity contribution in [3.8, 4) is 6.07 Å². The van der Waals surface area contributed by atoms with Gasteiger partial charge in [-0.2, -0.15) is 5.26 Å². The van der Waals surface area contributed by atoms with Gasteiger partial charge in [-0.15, -0.1) is 0 Å². The molecule has 26 heavy (non-hydrogen) atoms. The number of para-hydroxylation sites is 1. The van der Waals surface area contributed by atoms with Crippen LogP contribution < -0.4 is 5.32 Å². The van der Waals surface area contributed by atoms with Gasteiger partial charge in [0, 0.05) is 0 Å². The summed E-state index contributed by atoms with van der Waals surface area (Å²) in [6.07, 6.45) is 1.50. The van der Waals surface area contributed by atoms with E-state index in [-0.39, 0.29) is 16.8 Å². The third kappa shape index (κ3) is 3.45. The van der Waals surface area contributed by atoms with Crippen LogP contribution in [0.2, 0.25) is 0 Å². The first-order valence-electron chi connectivity index (χ1n) is 7.83. The first-order chi connectivity index (χ1) is 12.6. The molecule has 1 amide bonds. The smallest absolute Gasteiger partial charge is 0.337 e. The van der Waals surface area contributed by atoms with E-state index in [4.69, 9.17) is 0 Å². The lowest BCUT2D eigenvalue weighted by Crippen LogP contribution is -2.16. The number of nitrogens with one attached hydrogen (secondary N) is 1. The van der Waals surface area contributed by atoms with Crippen LogP contribution in [0, 0.1) is 11.3 Å². The minimum absolute atomic E-state index is 0.0386. The Morgan fingerprint density at radius 2 is 1.65 bits per heavy atom. The Morgan fingerprint density at radius 3 is 2.42 bits per heavy atom. The topological polar surface area (TPSA) is 90.2 Å². The Bertz CT molecular complexity index is 1070. The predicted molar refractivity (Wildman–Crippen MR) is 99.6 cm³/mol. The van der Waals surface area contributed by atoms with E-state index >= 15 is 0 Å². The van der Waals surface area contributed by atoms with Crippen molar-refractivity contribution >= 4 is 34.4 Å². The number of amides is 1. The SMILES string of the molecule is N#C/C(=C\c1cccc2ccccc12)C(=O)Nc1ccccc1C(=O)O. The Morgan fingerprint density at radius 1 is 0.962 bits per heavy atom. The fraction of sp³-hybridized carbons (Fsp3) is 0. The summed E-state index contributed by atoms with van der Waals surface area (Å²) >= 11 is 0. The van der Waals surface area contributed by atoms with Crippen molar-refractivity contribution in [3.63, 3.8) is 0 Å². The normalized spacial score (nSPS) is 11.0. The molecule has 3 aromatic carbocycles. The average Bonchev–Trinajstić information content (AvgIpc) is 2.66. The van der Waals surface area contributed by atoms with Gasteiger partial charge in [0.15, 0.2) is 0 Å². The number of rotatable bonds is 4. The second-order valence-electron chi connectivity index (χ2n) is 5.54. The molecule has 2 N–H and O–H groups in total. The third-order valence-corrected chi connectivity index (χ3v) is 3.89. The van der Waals surface area contributed by atoms with Gasteiger partial charge in [0.2, 0.25) is 0 Å². The molecule has 0 bridgehead atoms. The van der Waals surface area contributed by atoms with E-state index in [0.717, 1.165) is 16.3 Å². The van der Waals surface area contributed by atoms with Gasteiger partial charge in [-0.05, 0) is 34.5 Å². The summed E-state index contributed by atoms with van der Waals surface area (Å²) in [5, 5.41) is 23.0. The van der Waals surface area contributed by atoms with Crippen LogP contribution in [0.3, 0.4) is 0 Å². The zero-order valence-corrected chi connectivity index (χ0v) is 13.6. The molecule has 0 heterocycles. The average molecular weight is 342 g/mol. The molecule has 5 nitrogen and oxygen atoms in total.